The van der Waals surface area contributed by atoms with Gasteiger partial charge in [0.1, 0.15) is 6.04 Å². The number of para-hydroxylation sites is 1. The topological polar surface area (TPSA) is 55.4 Å². The van der Waals surface area contributed by atoms with Gasteiger partial charge in [-0.2, -0.15) is 0 Å². The van der Waals surface area contributed by atoms with Crippen molar-refractivity contribution in [1.82, 2.24) is 0 Å². The lowest BCUT2D eigenvalue weighted by atomic mass is 9.97. The lowest BCUT2D eigenvalue weighted by molar-refractivity contribution is -0.141. The van der Waals surface area contributed by atoms with Crippen LogP contribution in [-0.4, -0.2) is 24.9 Å². The van der Waals surface area contributed by atoms with Crippen LogP contribution in [0.2, 0.25) is 0 Å². The second-order valence-corrected chi connectivity index (χ2v) is 6.51. The van der Waals surface area contributed by atoms with Crippen LogP contribution in [0.5, 0.6) is 0 Å². The summed E-state index contributed by atoms with van der Waals surface area (Å²) >= 11 is 0. The number of ether oxygens (including phenoxy) is 1. The van der Waals surface area contributed by atoms with E-state index in [4.69, 9.17) is 4.74 Å². The number of hydrogen-bond donors (Lipinski definition) is 1. The second-order valence-electron chi connectivity index (χ2n) is 6.51. The van der Waals surface area contributed by atoms with E-state index in [0.29, 0.717) is 23.2 Å². The Hall–Kier alpha value is -3.14. The molecule has 0 fully saturated rings. The van der Waals surface area contributed by atoms with Gasteiger partial charge in [-0.25, -0.2) is 4.79 Å². The average molecular weight is 377 g/mol. The van der Waals surface area contributed by atoms with E-state index in [1.54, 1.807) is 18.2 Å². The summed E-state index contributed by atoms with van der Waals surface area (Å²) in [6.07, 6.45) is 5.04. The maximum Gasteiger partial charge on any atom is 0.328 e. The van der Waals surface area contributed by atoms with Crippen LogP contribution in [0, 0.1) is 6.92 Å². The second kappa shape index (κ2) is 10.3. The highest BCUT2D eigenvalue weighted by molar-refractivity contribution is 6.13. The first-order valence-corrected chi connectivity index (χ1v) is 9.37. The zero-order valence-electron chi connectivity index (χ0n) is 16.7. The maximum absolute atomic E-state index is 13.1. The summed E-state index contributed by atoms with van der Waals surface area (Å²) in [7, 11) is 1.36. The van der Waals surface area contributed by atoms with E-state index in [9.17, 15) is 9.59 Å². The molecule has 0 saturated carbocycles. The summed E-state index contributed by atoms with van der Waals surface area (Å²) in [4.78, 5) is 25.5. The van der Waals surface area contributed by atoms with Crippen LogP contribution in [0.25, 0.3) is 0 Å². The predicted octanol–water partition coefficient (Wildman–Crippen LogP) is 5.09. The number of aryl methyl sites for hydroxylation is 1. The fourth-order valence-electron chi connectivity index (χ4n) is 3.05. The van der Waals surface area contributed by atoms with E-state index in [1.165, 1.54) is 7.11 Å². The van der Waals surface area contributed by atoms with E-state index < -0.39 is 6.04 Å². The average Bonchev–Trinajstić information content (AvgIpc) is 2.72. The molecule has 0 amide bonds. The lowest BCUT2D eigenvalue weighted by Gasteiger charge is -2.20. The number of carbonyl (C=O) groups is 2. The predicted molar refractivity (Wildman–Crippen MR) is 114 cm³/mol. The van der Waals surface area contributed by atoms with Crippen molar-refractivity contribution in [3.8, 4) is 0 Å². The van der Waals surface area contributed by atoms with Gasteiger partial charge in [0.25, 0.3) is 0 Å². The third-order valence-corrected chi connectivity index (χ3v) is 4.55. The number of methoxy groups -OCH3 is 1. The largest absolute Gasteiger partial charge is 0.467 e. The van der Waals surface area contributed by atoms with E-state index in [0.717, 1.165) is 17.6 Å². The summed E-state index contributed by atoms with van der Waals surface area (Å²) in [5, 5.41) is 3.21. The molecule has 1 N–H and O–H groups in total. The van der Waals surface area contributed by atoms with Crippen molar-refractivity contribution in [3.63, 3.8) is 0 Å². The summed E-state index contributed by atoms with van der Waals surface area (Å²) < 4.78 is 4.96. The van der Waals surface area contributed by atoms with Gasteiger partial charge >= 0.3 is 5.97 Å². The van der Waals surface area contributed by atoms with E-state index in [2.05, 4.69) is 11.9 Å². The number of nitrogens with one attached hydrogen (secondary N) is 1. The number of rotatable bonds is 9. The van der Waals surface area contributed by atoms with Gasteiger partial charge < -0.3 is 10.1 Å². The number of carbonyl (C=O) groups excluding carboxylic acids is 2. The Kier molecular flexibility index (Phi) is 7.76. The van der Waals surface area contributed by atoms with Gasteiger partial charge in [0.05, 0.1) is 7.11 Å². The number of allylic oxidation sites excluding steroid dienone is 2. The molecule has 2 rings (SSSR count). The molecule has 0 heterocycles. The highest BCUT2D eigenvalue weighted by atomic mass is 16.5. The van der Waals surface area contributed by atoms with Crippen LogP contribution in [0.15, 0.2) is 72.8 Å². The van der Waals surface area contributed by atoms with Gasteiger partial charge in [-0.3, -0.25) is 4.79 Å². The third-order valence-electron chi connectivity index (χ3n) is 4.55. The monoisotopic (exact) mass is 377 g/mol. The minimum atomic E-state index is -0.619. The van der Waals surface area contributed by atoms with Crippen LogP contribution in [0.4, 0.5) is 5.69 Å². The molecule has 0 aliphatic rings. The van der Waals surface area contributed by atoms with Crippen LogP contribution >= 0.6 is 0 Å². The quantitative estimate of drug-likeness (QED) is 0.376. The van der Waals surface area contributed by atoms with E-state index in [-0.39, 0.29) is 11.8 Å². The molecule has 0 bridgehead atoms. The SMILES string of the molecule is C=C/C(=C\CC)CC(Nc1ccccc1C(=O)c1ccccc1C)C(=O)OC. The standard InChI is InChI=1S/C24H27NO3/c1-5-11-18(6-2)16-22(24(27)28-4)25-21-15-10-9-14-20(21)23(26)19-13-8-7-12-17(19)3/h6-15,22,25H,2,5,16H2,1,3-4H3/b18-11+. The van der Waals surface area contributed by atoms with Crippen molar-refractivity contribution >= 4 is 17.4 Å². The highest BCUT2D eigenvalue weighted by Gasteiger charge is 2.23. The molecule has 28 heavy (non-hydrogen) atoms. The van der Waals surface area contributed by atoms with Gasteiger partial charge in [-0.15, -0.1) is 0 Å². The van der Waals surface area contributed by atoms with E-state index in [1.807, 2.05) is 56.3 Å². The maximum atomic E-state index is 13.1. The zero-order chi connectivity index (χ0) is 20.5. The van der Waals surface area contributed by atoms with Crippen LogP contribution < -0.4 is 5.32 Å². The van der Waals surface area contributed by atoms with Gasteiger partial charge in [0, 0.05) is 23.2 Å². The molecule has 0 aliphatic carbocycles. The Morgan fingerprint density at radius 3 is 2.36 bits per heavy atom. The van der Waals surface area contributed by atoms with Crippen molar-refractivity contribution in [1.29, 1.82) is 0 Å². The molecule has 4 nitrogen and oxygen atoms in total. The molecule has 0 radical (unpaired) electrons. The molecule has 0 aliphatic heterocycles. The molecule has 0 spiro atoms. The third kappa shape index (κ3) is 5.19. The van der Waals surface area contributed by atoms with Crippen LogP contribution in [0.3, 0.4) is 0 Å². The first kappa shape index (κ1) is 21.2. The van der Waals surface area contributed by atoms with Crippen molar-refractivity contribution in [2.24, 2.45) is 0 Å². The minimum Gasteiger partial charge on any atom is -0.467 e. The molecular weight excluding hydrogens is 350 g/mol. The summed E-state index contributed by atoms with van der Waals surface area (Å²) in [5.41, 5.74) is 3.63. The number of hydrogen-bond acceptors (Lipinski definition) is 4. The Balaban J connectivity index is 2.37. The van der Waals surface area contributed by atoms with Gasteiger partial charge in [-0.05, 0) is 36.6 Å². The van der Waals surface area contributed by atoms with Gasteiger partial charge in [-0.1, -0.05) is 62.1 Å². The molecule has 0 saturated heterocycles. The van der Waals surface area contributed by atoms with Crippen molar-refractivity contribution in [2.75, 3.05) is 12.4 Å². The van der Waals surface area contributed by atoms with E-state index >= 15 is 0 Å². The number of ketones is 1. The minimum absolute atomic E-state index is 0.0853. The number of esters is 1. The zero-order valence-corrected chi connectivity index (χ0v) is 16.7. The molecule has 1 unspecified atom stereocenters. The van der Waals surface area contributed by atoms with Gasteiger partial charge in [0.15, 0.2) is 5.78 Å². The fourth-order valence-corrected chi connectivity index (χ4v) is 3.05. The smallest absolute Gasteiger partial charge is 0.328 e. The first-order chi connectivity index (χ1) is 13.5. The molecule has 146 valence electrons. The highest BCUT2D eigenvalue weighted by Crippen LogP contribution is 2.23. The van der Waals surface area contributed by atoms with Crippen molar-refractivity contribution in [3.05, 3.63) is 89.5 Å². The molecule has 2 aromatic rings. The Labute approximate surface area is 166 Å². The molecule has 1 atom stereocenters. The lowest BCUT2D eigenvalue weighted by Crippen LogP contribution is -2.31. The van der Waals surface area contributed by atoms with Gasteiger partial charge in [0.2, 0.25) is 0 Å². The first-order valence-electron chi connectivity index (χ1n) is 9.37. The Morgan fingerprint density at radius 2 is 1.75 bits per heavy atom. The molecule has 4 heteroatoms. The Bertz CT molecular complexity index is 883. The molecule has 2 aromatic carbocycles. The number of anilines is 1. The van der Waals surface area contributed by atoms with Crippen molar-refractivity contribution in [2.45, 2.75) is 32.7 Å². The molecular formula is C24H27NO3. The molecule has 0 aromatic heterocycles. The summed E-state index contributed by atoms with van der Waals surface area (Å²) in [6.45, 7) is 7.75. The number of benzene rings is 2. The fraction of sp³-hybridized carbons (Fsp3) is 0.250. The normalized spacial score (nSPS) is 12.2. The summed E-state index contributed by atoms with van der Waals surface area (Å²) in [5.74, 6) is -0.472. The van der Waals surface area contributed by atoms with Crippen LogP contribution in [0.1, 0.15) is 41.3 Å². The van der Waals surface area contributed by atoms with Crippen molar-refractivity contribution < 1.29 is 14.3 Å². The Morgan fingerprint density at radius 1 is 1.11 bits per heavy atom. The van der Waals surface area contributed by atoms with Crippen LogP contribution in [-0.2, 0) is 9.53 Å². The summed E-state index contributed by atoms with van der Waals surface area (Å²) in [6, 6.07) is 14.1.